The van der Waals surface area contributed by atoms with Crippen molar-refractivity contribution < 1.29 is 23.1 Å². The molecular formula is C16H14F3N3O2. The Balaban J connectivity index is 1.83. The molecule has 2 bridgehead atoms. The molecule has 2 amide bonds. The van der Waals surface area contributed by atoms with Crippen molar-refractivity contribution in [3.63, 3.8) is 0 Å². The van der Waals surface area contributed by atoms with E-state index in [2.05, 4.69) is 5.32 Å². The van der Waals surface area contributed by atoms with E-state index in [-0.39, 0.29) is 30.3 Å². The number of rotatable bonds is 2. The molecule has 2 aliphatic rings. The number of anilines is 1. The molecule has 3 unspecified atom stereocenters. The molecule has 5 nitrogen and oxygen atoms in total. The minimum Gasteiger partial charge on any atom is -0.394 e. The molecule has 24 heavy (non-hydrogen) atoms. The number of carbonyl (C=O) groups is 1. The number of alkyl halides is 3. The lowest BCUT2D eigenvalue weighted by Gasteiger charge is -2.31. The van der Waals surface area contributed by atoms with Gasteiger partial charge in [-0.15, -0.1) is 0 Å². The third kappa shape index (κ3) is 2.71. The van der Waals surface area contributed by atoms with Gasteiger partial charge in [0.05, 0.1) is 35.9 Å². The lowest BCUT2D eigenvalue weighted by atomic mass is 10.0. The van der Waals surface area contributed by atoms with Gasteiger partial charge in [0.25, 0.3) is 0 Å². The van der Waals surface area contributed by atoms with E-state index < -0.39 is 23.3 Å². The number of urea groups is 1. The van der Waals surface area contributed by atoms with Crippen LogP contribution in [-0.2, 0) is 6.18 Å². The summed E-state index contributed by atoms with van der Waals surface area (Å²) in [7, 11) is 0. The minimum atomic E-state index is -4.69. The molecule has 0 spiro atoms. The average Bonchev–Trinajstić information content (AvgIpc) is 3.14. The van der Waals surface area contributed by atoms with E-state index in [1.165, 1.54) is 17.0 Å². The van der Waals surface area contributed by atoms with Crippen LogP contribution in [0.25, 0.3) is 0 Å². The zero-order chi connectivity index (χ0) is 17.5. The lowest BCUT2D eigenvalue weighted by molar-refractivity contribution is -0.137. The van der Waals surface area contributed by atoms with E-state index in [0.717, 1.165) is 12.1 Å². The number of nitriles is 1. The molecule has 1 aromatic rings. The number of likely N-dealkylation sites (tertiary alicyclic amines) is 1. The van der Waals surface area contributed by atoms with E-state index in [1.54, 1.807) is 0 Å². The number of fused-ring (bicyclic) bond motifs is 2. The summed E-state index contributed by atoms with van der Waals surface area (Å²) in [6, 6.07) is 3.41. The molecule has 3 atom stereocenters. The van der Waals surface area contributed by atoms with Crippen molar-refractivity contribution in [2.45, 2.75) is 24.7 Å². The largest absolute Gasteiger partial charge is 0.417 e. The second kappa shape index (κ2) is 5.83. The molecule has 3 rings (SSSR count). The maximum absolute atomic E-state index is 13.0. The highest BCUT2D eigenvalue weighted by Gasteiger charge is 2.44. The van der Waals surface area contributed by atoms with Crippen LogP contribution in [0.1, 0.15) is 17.5 Å². The molecule has 1 aliphatic carbocycles. The first-order valence-electron chi connectivity index (χ1n) is 7.35. The quantitative estimate of drug-likeness (QED) is 0.815. The van der Waals surface area contributed by atoms with Crippen LogP contribution < -0.4 is 5.32 Å². The number of nitrogens with zero attached hydrogens (tertiary/aromatic N) is 2. The summed E-state index contributed by atoms with van der Waals surface area (Å²) in [6.07, 6.45) is -0.177. The maximum atomic E-state index is 13.0. The van der Waals surface area contributed by atoms with Crippen molar-refractivity contribution in [1.82, 2.24) is 4.90 Å². The highest BCUT2D eigenvalue weighted by molar-refractivity contribution is 5.90. The Bertz CT molecular complexity index is 739. The smallest absolute Gasteiger partial charge is 0.394 e. The van der Waals surface area contributed by atoms with E-state index in [9.17, 15) is 23.1 Å². The van der Waals surface area contributed by atoms with Crippen molar-refractivity contribution >= 4 is 11.7 Å². The maximum Gasteiger partial charge on any atom is 0.417 e. The van der Waals surface area contributed by atoms with Crippen LogP contribution in [0.15, 0.2) is 30.4 Å². The molecule has 2 N–H and O–H groups in total. The zero-order valence-corrected chi connectivity index (χ0v) is 12.4. The van der Waals surface area contributed by atoms with Crippen LogP contribution in [0, 0.1) is 17.2 Å². The van der Waals surface area contributed by atoms with E-state index in [4.69, 9.17) is 5.26 Å². The van der Waals surface area contributed by atoms with Gasteiger partial charge in [-0.25, -0.2) is 4.79 Å². The van der Waals surface area contributed by atoms with Crippen LogP contribution in [0.4, 0.5) is 23.7 Å². The van der Waals surface area contributed by atoms with Gasteiger partial charge < -0.3 is 15.3 Å². The van der Waals surface area contributed by atoms with Crippen molar-refractivity contribution in [2.75, 3.05) is 11.9 Å². The first-order chi connectivity index (χ1) is 11.3. The summed E-state index contributed by atoms with van der Waals surface area (Å²) in [5.74, 6) is 0.0671. The number of aliphatic hydroxyl groups is 1. The number of hydrogen-bond acceptors (Lipinski definition) is 3. The van der Waals surface area contributed by atoms with E-state index >= 15 is 0 Å². The Labute approximate surface area is 136 Å². The van der Waals surface area contributed by atoms with Gasteiger partial charge in [-0.2, -0.15) is 18.4 Å². The van der Waals surface area contributed by atoms with Crippen LogP contribution in [0.5, 0.6) is 0 Å². The number of nitrogens with one attached hydrogen (secondary N) is 1. The van der Waals surface area contributed by atoms with Gasteiger partial charge in [0.1, 0.15) is 0 Å². The molecule has 0 aromatic heterocycles. The number of amides is 2. The Morgan fingerprint density at radius 3 is 2.79 bits per heavy atom. The predicted octanol–water partition coefficient (Wildman–Crippen LogP) is 2.73. The summed E-state index contributed by atoms with van der Waals surface area (Å²) in [6.45, 7) is -0.208. The molecule has 1 saturated heterocycles. The predicted molar refractivity (Wildman–Crippen MR) is 78.9 cm³/mol. The van der Waals surface area contributed by atoms with Gasteiger partial charge in [0, 0.05) is 11.6 Å². The van der Waals surface area contributed by atoms with Gasteiger partial charge in [-0.3, -0.25) is 0 Å². The standard InChI is InChI=1S/C16H14F3N3O2/c17-16(18,19)13-6-11(3-1-10(13)7-20)21-15(24)22-12-4-2-9(5-12)14(22)8-23/h1-4,6,9,12,14,23H,5,8H2,(H,21,24). The van der Waals surface area contributed by atoms with Crippen LogP contribution >= 0.6 is 0 Å². The van der Waals surface area contributed by atoms with Gasteiger partial charge in [0.2, 0.25) is 0 Å². The summed E-state index contributed by atoms with van der Waals surface area (Å²) < 4.78 is 38.9. The Morgan fingerprint density at radius 2 is 2.17 bits per heavy atom. The number of hydrogen-bond donors (Lipinski definition) is 2. The summed E-state index contributed by atoms with van der Waals surface area (Å²) in [5, 5.41) is 20.7. The topological polar surface area (TPSA) is 76.4 Å². The number of carbonyl (C=O) groups excluding carboxylic acids is 1. The second-order valence-electron chi connectivity index (χ2n) is 5.81. The second-order valence-corrected chi connectivity index (χ2v) is 5.81. The van der Waals surface area contributed by atoms with Gasteiger partial charge in [-0.05, 0) is 24.6 Å². The molecule has 1 fully saturated rings. The summed E-state index contributed by atoms with van der Waals surface area (Å²) in [5.41, 5.74) is -1.64. The first-order valence-corrected chi connectivity index (χ1v) is 7.35. The zero-order valence-electron chi connectivity index (χ0n) is 12.4. The molecule has 8 heteroatoms. The van der Waals surface area contributed by atoms with Gasteiger partial charge >= 0.3 is 12.2 Å². The lowest BCUT2D eigenvalue weighted by Crippen LogP contribution is -2.47. The van der Waals surface area contributed by atoms with Crippen LogP contribution in [0.2, 0.25) is 0 Å². The minimum absolute atomic E-state index is 0.0465. The molecule has 0 saturated carbocycles. The number of aliphatic hydroxyl groups excluding tert-OH is 1. The normalized spacial score (nSPS) is 25.0. The Morgan fingerprint density at radius 1 is 1.42 bits per heavy atom. The molecule has 0 radical (unpaired) electrons. The third-order valence-electron chi connectivity index (χ3n) is 4.42. The van der Waals surface area contributed by atoms with Gasteiger partial charge in [0.15, 0.2) is 0 Å². The molecular weight excluding hydrogens is 323 g/mol. The molecule has 126 valence electrons. The summed E-state index contributed by atoms with van der Waals surface area (Å²) in [4.78, 5) is 13.9. The molecule has 1 aromatic carbocycles. The number of benzene rings is 1. The van der Waals surface area contributed by atoms with Gasteiger partial charge in [-0.1, -0.05) is 12.2 Å². The third-order valence-corrected chi connectivity index (χ3v) is 4.42. The highest BCUT2D eigenvalue weighted by Crippen LogP contribution is 2.38. The van der Waals surface area contributed by atoms with Crippen molar-refractivity contribution in [1.29, 1.82) is 5.26 Å². The first kappa shape index (κ1) is 16.3. The SMILES string of the molecule is N#Cc1ccc(NC(=O)N2C3C=CC(C3)C2CO)cc1C(F)(F)F. The fourth-order valence-electron chi connectivity index (χ4n) is 3.32. The fourth-order valence-corrected chi connectivity index (χ4v) is 3.32. The van der Waals surface area contributed by atoms with Crippen molar-refractivity contribution in [3.05, 3.63) is 41.5 Å². The average molecular weight is 337 g/mol. The number of halogens is 3. The highest BCUT2D eigenvalue weighted by atomic mass is 19.4. The Hall–Kier alpha value is -2.53. The fraction of sp³-hybridized carbons (Fsp3) is 0.375. The van der Waals surface area contributed by atoms with E-state index in [1.807, 2.05) is 12.2 Å². The van der Waals surface area contributed by atoms with E-state index in [0.29, 0.717) is 6.42 Å². The van der Waals surface area contributed by atoms with Crippen molar-refractivity contribution in [3.8, 4) is 6.07 Å². The summed E-state index contributed by atoms with van der Waals surface area (Å²) >= 11 is 0. The monoisotopic (exact) mass is 337 g/mol. The Kier molecular flexibility index (Phi) is 3.97. The molecule has 1 heterocycles. The van der Waals surface area contributed by atoms with Crippen molar-refractivity contribution in [2.24, 2.45) is 5.92 Å². The van der Waals surface area contributed by atoms with Crippen LogP contribution in [0.3, 0.4) is 0 Å². The molecule has 1 aliphatic heterocycles. The van der Waals surface area contributed by atoms with Crippen LogP contribution in [-0.4, -0.2) is 34.7 Å².